The summed E-state index contributed by atoms with van der Waals surface area (Å²) in [6.07, 6.45) is 5.10. The molecule has 0 saturated carbocycles. The van der Waals surface area contributed by atoms with Crippen LogP contribution in [0.4, 0.5) is 0 Å². The number of hydrogen-bond donors (Lipinski definition) is 0. The van der Waals surface area contributed by atoms with Crippen LogP contribution in [-0.4, -0.2) is 39.8 Å². The maximum absolute atomic E-state index is 5.08. The van der Waals surface area contributed by atoms with Crippen LogP contribution in [0.2, 0.25) is 0 Å². The second-order valence-electron chi connectivity index (χ2n) is 19.2. The van der Waals surface area contributed by atoms with Crippen LogP contribution in [0.25, 0.3) is 0 Å². The summed E-state index contributed by atoms with van der Waals surface area (Å²) in [5.41, 5.74) is 7.25. The molecule has 6 aromatic rings. The fraction of sp³-hybridized carbons (Fsp3) is 0.617. The van der Waals surface area contributed by atoms with Crippen molar-refractivity contribution in [1.82, 2.24) is 39.8 Å². The lowest BCUT2D eigenvalue weighted by Gasteiger charge is -2.18. The molecule has 0 amide bonds. The second-order valence-corrected chi connectivity index (χ2v) is 20.1. The molecular weight excluding hydrogens is 757 g/mol. The third-order valence-corrected chi connectivity index (χ3v) is 9.62. The Hall–Kier alpha value is -4.32. The number of hydrogen-bond acceptors (Lipinski definition) is 10. The van der Waals surface area contributed by atoms with Crippen molar-refractivity contribution in [2.75, 3.05) is 0 Å². The first kappa shape index (κ1) is 52.7. The van der Waals surface area contributed by atoms with E-state index in [0.717, 1.165) is 34.5 Å². The van der Waals surface area contributed by atoms with Crippen LogP contribution in [-0.2, 0) is 30.3 Å². The van der Waals surface area contributed by atoms with Gasteiger partial charge in [0.05, 0.1) is 34.0 Å². The summed E-state index contributed by atoms with van der Waals surface area (Å²) in [6.45, 7) is 42.3. The quantitative estimate of drug-likeness (QED) is 0.170. The summed E-state index contributed by atoms with van der Waals surface area (Å²) in [5.74, 6) is 4.70. The molecule has 0 bridgehead atoms. The summed E-state index contributed by atoms with van der Waals surface area (Å²) in [6, 6.07) is 8.29. The average molecular weight is 835 g/mol. The Balaban J connectivity index is 0.000000358. The van der Waals surface area contributed by atoms with Crippen molar-refractivity contribution in [2.24, 2.45) is 14.1 Å². The molecule has 0 aliphatic heterocycles. The molecule has 59 heavy (non-hydrogen) atoms. The first-order valence-electron chi connectivity index (χ1n) is 20.8. The maximum atomic E-state index is 5.08. The lowest BCUT2D eigenvalue weighted by Crippen LogP contribution is -2.16. The van der Waals surface area contributed by atoms with Gasteiger partial charge in [0.1, 0.15) is 17.8 Å². The molecule has 0 aliphatic carbocycles. The van der Waals surface area contributed by atoms with E-state index in [1.54, 1.807) is 23.8 Å². The highest BCUT2D eigenvalue weighted by atomic mass is 32.1. The highest BCUT2D eigenvalue weighted by molar-refractivity contribution is 7.09. The van der Waals surface area contributed by atoms with Crippen molar-refractivity contribution in [1.29, 1.82) is 0 Å². The Labute approximate surface area is 360 Å². The third-order valence-electron chi connectivity index (χ3n) is 8.54. The summed E-state index contributed by atoms with van der Waals surface area (Å²) in [7, 11) is 4.01. The minimum Gasteiger partial charge on any atom is -0.449 e. The molecule has 330 valence electrons. The zero-order valence-electron chi connectivity index (χ0n) is 40.6. The average Bonchev–Trinajstić information content (AvgIpc) is 3.93. The molecule has 11 nitrogen and oxygen atoms in total. The maximum Gasteiger partial charge on any atom is 0.196 e. The van der Waals surface area contributed by atoms with E-state index in [-0.39, 0.29) is 16.2 Å². The summed E-state index contributed by atoms with van der Waals surface area (Å²) in [5, 5.41) is 19.7. The summed E-state index contributed by atoms with van der Waals surface area (Å²) < 4.78 is 18.9. The van der Waals surface area contributed by atoms with Gasteiger partial charge in [0.25, 0.3) is 0 Å². The van der Waals surface area contributed by atoms with Crippen LogP contribution in [0.1, 0.15) is 198 Å². The zero-order chi connectivity index (χ0) is 45.5. The SMILES string of the molecule is CC(C)c1ncco1.CC(C)c1nccs1.Cc1cc(C(C)(C)C)on1.Cc1cc(C(C)C)n(C)n1.Cc1cc(C(C)C)no1.Cn1nc(C(C)(C)C)cc1C(C)(C)C. The predicted molar refractivity (Wildman–Crippen MR) is 245 cm³/mol. The molecule has 6 aromatic heterocycles. The van der Waals surface area contributed by atoms with Crippen molar-refractivity contribution in [3.63, 3.8) is 0 Å². The van der Waals surface area contributed by atoms with E-state index in [1.807, 2.05) is 81.8 Å². The summed E-state index contributed by atoms with van der Waals surface area (Å²) in [4.78, 5) is 8.08. The van der Waals surface area contributed by atoms with Gasteiger partial charge in [-0.05, 0) is 44.7 Å². The Morgan fingerprint density at radius 1 is 0.593 bits per heavy atom. The van der Waals surface area contributed by atoms with Crippen LogP contribution in [0.15, 0.2) is 61.8 Å². The van der Waals surface area contributed by atoms with E-state index >= 15 is 0 Å². The number of aryl methyl sites for hydroxylation is 5. The molecule has 12 heteroatoms. The number of rotatable bonds is 4. The minimum absolute atomic E-state index is 0.0846. The molecule has 0 radical (unpaired) electrons. The number of nitrogens with zero attached hydrogens (tertiary/aromatic N) is 8. The Morgan fingerprint density at radius 3 is 1.44 bits per heavy atom. The molecule has 0 saturated heterocycles. The van der Waals surface area contributed by atoms with E-state index in [0.29, 0.717) is 23.7 Å². The zero-order valence-corrected chi connectivity index (χ0v) is 41.5. The van der Waals surface area contributed by atoms with Gasteiger partial charge in [-0.25, -0.2) is 9.97 Å². The van der Waals surface area contributed by atoms with Gasteiger partial charge >= 0.3 is 0 Å². The number of thiazole rings is 1. The number of oxazole rings is 1. The standard InChI is InChI=1S/C12H22N2.C8H14N2.C8H13NO.C7H11NO.C6H9NO.C6H9NS/c1-11(2,3)9-8-10(12(4,5)6)14(7)13-9;1-6(2)8-5-7(3)9-10(8)4;1-6-5-7(10-9-6)8(2,3)4;1-5(2)7-4-6(3)9-8-7;2*1-5(2)6-7-3-4-8-6/h8H,1-7H3;5-6H,1-4H3;5H,1-4H3;4-5H,1-3H3;2*3-5H,1-2H3. The molecule has 0 unspecified atom stereocenters. The molecule has 6 heterocycles. The number of aromatic nitrogens is 8. The topological polar surface area (TPSA) is 127 Å². The van der Waals surface area contributed by atoms with Gasteiger partial charge in [-0.1, -0.05) is 128 Å². The Kier molecular flexibility index (Phi) is 21.0. The van der Waals surface area contributed by atoms with E-state index in [4.69, 9.17) is 13.5 Å². The highest BCUT2D eigenvalue weighted by Gasteiger charge is 2.24. The second kappa shape index (κ2) is 23.5. The van der Waals surface area contributed by atoms with E-state index in [9.17, 15) is 0 Å². The molecule has 0 aliphatic rings. The molecular formula is C47H78N8O3S. The first-order chi connectivity index (χ1) is 27.0. The van der Waals surface area contributed by atoms with Gasteiger partial charge in [0, 0.05) is 77.3 Å². The van der Waals surface area contributed by atoms with Crippen molar-refractivity contribution in [2.45, 2.75) is 178 Å². The van der Waals surface area contributed by atoms with Gasteiger partial charge in [-0.2, -0.15) is 10.2 Å². The lowest BCUT2D eigenvalue weighted by atomic mass is 9.88. The van der Waals surface area contributed by atoms with Crippen molar-refractivity contribution in [3.05, 3.63) is 105 Å². The fourth-order valence-corrected chi connectivity index (χ4v) is 5.78. The molecule has 0 spiro atoms. The van der Waals surface area contributed by atoms with Crippen molar-refractivity contribution in [3.8, 4) is 0 Å². The fourth-order valence-electron chi connectivity index (χ4n) is 5.12. The normalized spacial score (nSPS) is 11.5. The lowest BCUT2D eigenvalue weighted by molar-refractivity contribution is 0.327. The monoisotopic (exact) mass is 835 g/mol. The van der Waals surface area contributed by atoms with Gasteiger partial charge in [0.2, 0.25) is 0 Å². The van der Waals surface area contributed by atoms with Crippen molar-refractivity contribution < 1.29 is 13.5 Å². The van der Waals surface area contributed by atoms with Crippen LogP contribution in [0.3, 0.4) is 0 Å². The van der Waals surface area contributed by atoms with Gasteiger partial charge in [0.15, 0.2) is 5.89 Å². The van der Waals surface area contributed by atoms with E-state index in [1.165, 1.54) is 22.1 Å². The van der Waals surface area contributed by atoms with Crippen molar-refractivity contribution >= 4 is 11.3 Å². The first-order valence-corrected chi connectivity index (χ1v) is 21.6. The van der Waals surface area contributed by atoms with Gasteiger partial charge < -0.3 is 13.5 Å². The minimum atomic E-state index is 0.0846. The largest absolute Gasteiger partial charge is 0.449 e. The highest BCUT2D eigenvalue weighted by Crippen LogP contribution is 2.28. The van der Waals surface area contributed by atoms with E-state index in [2.05, 4.69) is 146 Å². The summed E-state index contributed by atoms with van der Waals surface area (Å²) >= 11 is 1.72. The third kappa shape index (κ3) is 19.5. The van der Waals surface area contributed by atoms with E-state index < -0.39 is 0 Å². The predicted octanol–water partition coefficient (Wildman–Crippen LogP) is 13.3. The molecule has 0 fully saturated rings. The van der Waals surface area contributed by atoms with Crippen LogP contribution in [0, 0.1) is 20.8 Å². The molecule has 0 aromatic carbocycles. The molecule has 0 N–H and O–H groups in total. The van der Waals surface area contributed by atoms with Crippen LogP contribution >= 0.6 is 11.3 Å². The van der Waals surface area contributed by atoms with Crippen LogP contribution < -0.4 is 0 Å². The smallest absolute Gasteiger partial charge is 0.196 e. The molecule has 6 rings (SSSR count). The molecule has 0 atom stereocenters. The van der Waals surface area contributed by atoms with Crippen LogP contribution in [0.5, 0.6) is 0 Å². The Morgan fingerprint density at radius 2 is 1.22 bits per heavy atom. The Bertz CT molecular complexity index is 1950. The van der Waals surface area contributed by atoms with Gasteiger partial charge in [-0.3, -0.25) is 9.36 Å². The van der Waals surface area contributed by atoms with Gasteiger partial charge in [-0.15, -0.1) is 11.3 Å².